The van der Waals surface area contributed by atoms with E-state index >= 15 is 0 Å². The normalized spacial score (nSPS) is 13.7. The molecule has 31 heavy (non-hydrogen) atoms. The van der Waals surface area contributed by atoms with Gasteiger partial charge in [-0.2, -0.15) is 0 Å². The van der Waals surface area contributed by atoms with Crippen LogP contribution >= 0.6 is 35.0 Å². The molecule has 5 nitrogen and oxygen atoms in total. The molecule has 156 valence electrons. The number of amides is 2. The van der Waals surface area contributed by atoms with Crippen LogP contribution in [0.1, 0.15) is 0 Å². The number of hydrogen-bond acceptors (Lipinski definition) is 5. The third-order valence-electron chi connectivity index (χ3n) is 4.52. The van der Waals surface area contributed by atoms with Crippen molar-refractivity contribution >= 4 is 58.2 Å². The van der Waals surface area contributed by atoms with Gasteiger partial charge in [-0.05, 0) is 42.5 Å². The van der Waals surface area contributed by atoms with Crippen molar-refractivity contribution in [2.75, 3.05) is 17.3 Å². The Balaban J connectivity index is 1.77. The maximum Gasteiger partial charge on any atom is 0.283 e. The fourth-order valence-electron chi connectivity index (χ4n) is 3.07. The number of anilines is 2. The van der Waals surface area contributed by atoms with Gasteiger partial charge in [-0.15, -0.1) is 0 Å². The Labute approximate surface area is 193 Å². The summed E-state index contributed by atoms with van der Waals surface area (Å²) in [6.07, 6.45) is 0. The number of hydrogen-bond donors (Lipinski definition) is 1. The second-order valence-corrected chi connectivity index (χ2v) is 8.39. The summed E-state index contributed by atoms with van der Waals surface area (Å²) in [5, 5.41) is 3.79. The lowest BCUT2D eigenvalue weighted by molar-refractivity contribution is -0.120. The highest BCUT2D eigenvalue weighted by atomic mass is 35.5. The maximum atomic E-state index is 13.4. The summed E-state index contributed by atoms with van der Waals surface area (Å²) in [6, 6.07) is 21.2. The van der Waals surface area contributed by atoms with Crippen LogP contribution < -0.4 is 15.0 Å². The molecule has 0 atom stereocenters. The van der Waals surface area contributed by atoms with Gasteiger partial charge in [0.25, 0.3) is 11.8 Å². The van der Waals surface area contributed by atoms with Crippen molar-refractivity contribution < 1.29 is 14.3 Å². The Morgan fingerprint density at radius 3 is 2.29 bits per heavy atom. The van der Waals surface area contributed by atoms with E-state index in [-0.39, 0.29) is 10.6 Å². The van der Waals surface area contributed by atoms with Gasteiger partial charge >= 0.3 is 0 Å². The molecule has 2 amide bonds. The van der Waals surface area contributed by atoms with E-state index in [0.717, 1.165) is 9.80 Å². The van der Waals surface area contributed by atoms with E-state index in [0.29, 0.717) is 27.2 Å². The van der Waals surface area contributed by atoms with Gasteiger partial charge in [0, 0.05) is 10.6 Å². The lowest BCUT2D eigenvalue weighted by atomic mass is 10.2. The van der Waals surface area contributed by atoms with Crippen molar-refractivity contribution in [1.82, 2.24) is 0 Å². The molecule has 1 N–H and O–H groups in total. The number of nitrogens with one attached hydrogen (secondary N) is 1. The van der Waals surface area contributed by atoms with Gasteiger partial charge in [0.2, 0.25) is 0 Å². The molecule has 1 aliphatic rings. The number of methoxy groups -OCH3 is 1. The number of para-hydroxylation sites is 2. The molecular formula is C23H16Cl2N2O3S. The SMILES string of the molecule is COc1ccccc1N1C(=O)C(Nc2ccc(Cl)c(Cl)c2)=C(Sc2ccccc2)C1=O. The van der Waals surface area contributed by atoms with Gasteiger partial charge in [-0.3, -0.25) is 9.59 Å². The molecule has 0 unspecified atom stereocenters. The third kappa shape index (κ3) is 4.28. The number of rotatable bonds is 6. The maximum absolute atomic E-state index is 13.4. The predicted octanol–water partition coefficient (Wildman–Crippen LogP) is 5.99. The van der Waals surface area contributed by atoms with Crippen molar-refractivity contribution in [3.8, 4) is 5.75 Å². The van der Waals surface area contributed by atoms with Crippen molar-refractivity contribution in [2.45, 2.75) is 4.90 Å². The lowest BCUT2D eigenvalue weighted by Gasteiger charge is -2.18. The van der Waals surface area contributed by atoms with Gasteiger partial charge < -0.3 is 10.1 Å². The van der Waals surface area contributed by atoms with Gasteiger partial charge in [0.15, 0.2) is 0 Å². The highest BCUT2D eigenvalue weighted by Crippen LogP contribution is 2.40. The summed E-state index contributed by atoms with van der Waals surface area (Å²) in [4.78, 5) is 29.0. The topological polar surface area (TPSA) is 58.6 Å². The smallest absolute Gasteiger partial charge is 0.283 e. The summed E-state index contributed by atoms with van der Waals surface area (Å²) in [5.41, 5.74) is 1.07. The number of ether oxygens (including phenoxy) is 1. The molecule has 8 heteroatoms. The van der Waals surface area contributed by atoms with E-state index in [2.05, 4.69) is 5.32 Å². The first kappa shape index (κ1) is 21.3. The van der Waals surface area contributed by atoms with Crippen molar-refractivity contribution in [1.29, 1.82) is 0 Å². The van der Waals surface area contributed by atoms with Crippen molar-refractivity contribution in [3.63, 3.8) is 0 Å². The van der Waals surface area contributed by atoms with Crippen LogP contribution in [0.4, 0.5) is 11.4 Å². The minimum atomic E-state index is -0.487. The number of carbonyl (C=O) groups is 2. The molecular weight excluding hydrogens is 455 g/mol. The molecule has 0 saturated heterocycles. The first-order valence-electron chi connectivity index (χ1n) is 9.20. The summed E-state index contributed by atoms with van der Waals surface area (Å²) < 4.78 is 5.37. The van der Waals surface area contributed by atoms with Crippen LogP contribution in [0.25, 0.3) is 0 Å². The Bertz CT molecular complexity index is 1200. The highest BCUT2D eigenvalue weighted by molar-refractivity contribution is 8.04. The molecule has 0 radical (unpaired) electrons. The summed E-state index contributed by atoms with van der Waals surface area (Å²) in [7, 11) is 1.49. The molecule has 0 aliphatic carbocycles. The van der Waals surface area contributed by atoms with Crippen LogP contribution in [0, 0.1) is 0 Å². The molecule has 0 aromatic heterocycles. The Morgan fingerprint density at radius 1 is 0.871 bits per heavy atom. The molecule has 0 fully saturated rings. The molecule has 1 heterocycles. The minimum Gasteiger partial charge on any atom is -0.495 e. The zero-order valence-corrected chi connectivity index (χ0v) is 18.6. The minimum absolute atomic E-state index is 0.156. The fraction of sp³-hybridized carbons (Fsp3) is 0.0435. The van der Waals surface area contributed by atoms with Crippen molar-refractivity contribution in [3.05, 3.63) is 93.4 Å². The van der Waals surface area contributed by atoms with Crippen LogP contribution in [0.3, 0.4) is 0 Å². The van der Waals surface area contributed by atoms with E-state index in [1.54, 1.807) is 42.5 Å². The average molecular weight is 471 g/mol. The van der Waals surface area contributed by atoms with Gasteiger partial charge in [0.05, 0.1) is 22.8 Å². The van der Waals surface area contributed by atoms with Crippen LogP contribution in [0.5, 0.6) is 5.75 Å². The number of imide groups is 1. The zero-order valence-electron chi connectivity index (χ0n) is 16.3. The first-order chi connectivity index (χ1) is 15.0. The number of carbonyl (C=O) groups excluding carboxylic acids is 2. The second-order valence-electron chi connectivity index (χ2n) is 6.49. The number of halogens is 2. The Hall–Kier alpha value is -2.93. The van der Waals surface area contributed by atoms with Gasteiger partial charge in [-0.1, -0.05) is 65.3 Å². The number of thioether (sulfide) groups is 1. The summed E-state index contributed by atoms with van der Waals surface area (Å²) >= 11 is 13.3. The largest absolute Gasteiger partial charge is 0.495 e. The third-order valence-corrected chi connectivity index (χ3v) is 6.35. The van der Waals surface area contributed by atoms with Crippen molar-refractivity contribution in [2.24, 2.45) is 0 Å². The first-order valence-corrected chi connectivity index (χ1v) is 10.8. The van der Waals surface area contributed by atoms with E-state index < -0.39 is 11.8 Å². The van der Waals surface area contributed by atoms with Gasteiger partial charge in [-0.25, -0.2) is 4.90 Å². The molecule has 0 bridgehead atoms. The van der Waals surface area contributed by atoms with Gasteiger partial charge in [0.1, 0.15) is 16.4 Å². The Kier molecular flexibility index (Phi) is 6.23. The van der Waals surface area contributed by atoms with Crippen LogP contribution in [0.15, 0.2) is 88.3 Å². The van der Waals surface area contributed by atoms with E-state index in [1.165, 1.54) is 18.9 Å². The number of nitrogens with zero attached hydrogens (tertiary/aromatic N) is 1. The standard InChI is InChI=1S/C23H16Cl2N2O3S/c1-30-19-10-6-5-9-18(19)27-22(28)20(26-14-11-12-16(24)17(25)13-14)21(23(27)29)31-15-7-3-2-4-8-15/h2-13,26H,1H3. The monoisotopic (exact) mass is 470 g/mol. The molecule has 0 spiro atoms. The van der Waals surface area contributed by atoms with Crippen LogP contribution in [-0.4, -0.2) is 18.9 Å². The van der Waals surface area contributed by atoms with E-state index in [1.807, 2.05) is 30.3 Å². The molecule has 0 saturated carbocycles. The highest BCUT2D eigenvalue weighted by Gasteiger charge is 2.41. The van der Waals surface area contributed by atoms with E-state index in [9.17, 15) is 9.59 Å². The second kappa shape index (κ2) is 9.06. The molecule has 1 aliphatic heterocycles. The quantitative estimate of drug-likeness (QED) is 0.448. The zero-order chi connectivity index (χ0) is 22.0. The number of benzene rings is 3. The van der Waals surface area contributed by atoms with E-state index in [4.69, 9.17) is 27.9 Å². The summed E-state index contributed by atoms with van der Waals surface area (Å²) in [6.45, 7) is 0. The lowest BCUT2D eigenvalue weighted by Crippen LogP contribution is -2.32. The molecule has 4 rings (SSSR count). The average Bonchev–Trinajstić information content (AvgIpc) is 3.01. The fourth-order valence-corrected chi connectivity index (χ4v) is 4.32. The molecule has 3 aromatic rings. The van der Waals surface area contributed by atoms with Crippen LogP contribution in [0.2, 0.25) is 10.0 Å². The summed E-state index contributed by atoms with van der Waals surface area (Å²) in [5.74, 6) is -0.506. The Morgan fingerprint density at radius 2 is 1.58 bits per heavy atom. The molecule has 3 aromatic carbocycles. The van der Waals surface area contributed by atoms with Crippen LogP contribution in [-0.2, 0) is 9.59 Å². The predicted molar refractivity (Wildman–Crippen MR) is 125 cm³/mol.